The zero-order chi connectivity index (χ0) is 15.2. The third kappa shape index (κ3) is 3.92. The van der Waals surface area contributed by atoms with Gasteiger partial charge in [-0.05, 0) is 37.6 Å². The first-order valence-electron chi connectivity index (χ1n) is 7.67. The molecule has 2 N–H and O–H groups in total. The second-order valence-electron chi connectivity index (χ2n) is 5.65. The molecule has 21 heavy (non-hydrogen) atoms. The molecule has 1 fully saturated rings. The van der Waals surface area contributed by atoms with E-state index in [2.05, 4.69) is 5.32 Å². The molecule has 0 amide bonds. The van der Waals surface area contributed by atoms with Crippen molar-refractivity contribution < 1.29 is 13.9 Å². The average molecular weight is 298 g/mol. The Morgan fingerprint density at radius 1 is 1.19 bits per heavy atom. The number of hydrogen-bond acceptors (Lipinski definition) is 3. The summed E-state index contributed by atoms with van der Waals surface area (Å²) < 4.78 is 28.7. The Balaban J connectivity index is 2.30. The predicted molar refractivity (Wildman–Crippen MR) is 80.4 cm³/mol. The topological polar surface area (TPSA) is 35.5 Å². The lowest BCUT2D eigenvalue weighted by atomic mass is 9.93. The van der Waals surface area contributed by atoms with E-state index in [-0.39, 0.29) is 24.9 Å². The summed E-state index contributed by atoms with van der Waals surface area (Å²) in [5, 5.41) is 12.1. The predicted octanol–water partition coefficient (Wildman–Crippen LogP) is 2.82. The number of rotatable bonds is 6. The molecule has 3 nitrogen and oxygen atoms in total. The van der Waals surface area contributed by atoms with Crippen LogP contribution in [0.4, 0.5) is 14.5 Å². The standard InChI is InChI=1S/C16H24F2N2O/c1-19-11-12-9-14(17)16(15(18)10-12)20(7-8-21)13-5-3-2-4-6-13/h9-10,13,19,21H,2-8,11H2,1H3. The Morgan fingerprint density at radius 2 is 1.81 bits per heavy atom. The third-order valence-electron chi connectivity index (χ3n) is 4.10. The molecule has 0 radical (unpaired) electrons. The van der Waals surface area contributed by atoms with Gasteiger partial charge in [0, 0.05) is 19.1 Å². The average Bonchev–Trinajstić information content (AvgIpc) is 2.47. The molecule has 0 atom stereocenters. The van der Waals surface area contributed by atoms with Gasteiger partial charge in [-0.1, -0.05) is 19.3 Å². The van der Waals surface area contributed by atoms with Crippen molar-refractivity contribution in [2.75, 3.05) is 25.1 Å². The highest BCUT2D eigenvalue weighted by Gasteiger charge is 2.26. The molecular formula is C16H24F2N2O. The quantitative estimate of drug-likeness (QED) is 0.848. The molecule has 0 aliphatic heterocycles. The summed E-state index contributed by atoms with van der Waals surface area (Å²) in [5.74, 6) is -1.08. The molecule has 5 heteroatoms. The second-order valence-corrected chi connectivity index (χ2v) is 5.65. The lowest BCUT2D eigenvalue weighted by Crippen LogP contribution is -2.40. The van der Waals surface area contributed by atoms with Gasteiger partial charge in [0.05, 0.1) is 6.61 Å². The number of benzene rings is 1. The van der Waals surface area contributed by atoms with Crippen molar-refractivity contribution in [2.24, 2.45) is 0 Å². The van der Waals surface area contributed by atoms with Crippen LogP contribution in [0, 0.1) is 11.6 Å². The van der Waals surface area contributed by atoms with Crippen LogP contribution in [0.25, 0.3) is 0 Å². The van der Waals surface area contributed by atoms with Gasteiger partial charge in [0.1, 0.15) is 17.3 Å². The van der Waals surface area contributed by atoms with Gasteiger partial charge >= 0.3 is 0 Å². The Morgan fingerprint density at radius 3 is 2.33 bits per heavy atom. The van der Waals surface area contributed by atoms with E-state index in [1.807, 2.05) is 0 Å². The number of anilines is 1. The molecule has 1 aromatic carbocycles. The van der Waals surface area contributed by atoms with Crippen LogP contribution in [0.1, 0.15) is 37.7 Å². The van der Waals surface area contributed by atoms with Gasteiger partial charge in [0.15, 0.2) is 0 Å². The van der Waals surface area contributed by atoms with E-state index in [0.29, 0.717) is 12.1 Å². The normalized spacial score (nSPS) is 16.2. The summed E-state index contributed by atoms with van der Waals surface area (Å²) in [7, 11) is 1.74. The van der Waals surface area contributed by atoms with Gasteiger partial charge in [-0.3, -0.25) is 0 Å². The van der Waals surface area contributed by atoms with E-state index in [1.54, 1.807) is 11.9 Å². The SMILES string of the molecule is CNCc1cc(F)c(N(CCO)C2CCCCC2)c(F)c1. The summed E-state index contributed by atoms with van der Waals surface area (Å²) in [6.07, 6.45) is 5.19. The van der Waals surface area contributed by atoms with Crippen LogP contribution in [-0.2, 0) is 6.54 Å². The van der Waals surface area contributed by atoms with Crippen LogP contribution in [0.15, 0.2) is 12.1 Å². The van der Waals surface area contributed by atoms with Crippen LogP contribution in [-0.4, -0.2) is 31.3 Å². The molecule has 0 spiro atoms. The number of nitrogens with one attached hydrogen (secondary N) is 1. The summed E-state index contributed by atoms with van der Waals surface area (Å²) >= 11 is 0. The van der Waals surface area contributed by atoms with Crippen molar-refractivity contribution in [2.45, 2.75) is 44.7 Å². The molecular weight excluding hydrogens is 274 g/mol. The Kier molecular flexibility index (Phi) is 5.94. The van der Waals surface area contributed by atoms with Gasteiger partial charge < -0.3 is 15.3 Å². The minimum atomic E-state index is -0.542. The first-order valence-corrected chi connectivity index (χ1v) is 7.67. The molecule has 118 valence electrons. The van der Waals surface area contributed by atoms with Crippen LogP contribution in [0.2, 0.25) is 0 Å². The fraction of sp³-hybridized carbons (Fsp3) is 0.625. The van der Waals surface area contributed by atoms with Crippen LogP contribution in [0.3, 0.4) is 0 Å². The van der Waals surface area contributed by atoms with Crippen molar-refractivity contribution in [3.8, 4) is 0 Å². The van der Waals surface area contributed by atoms with Crippen LogP contribution in [0.5, 0.6) is 0 Å². The maximum Gasteiger partial charge on any atom is 0.149 e. The van der Waals surface area contributed by atoms with Gasteiger partial charge in [0.2, 0.25) is 0 Å². The maximum atomic E-state index is 14.4. The van der Waals surface area contributed by atoms with E-state index >= 15 is 0 Å². The third-order valence-corrected chi connectivity index (χ3v) is 4.10. The van der Waals surface area contributed by atoms with Crippen LogP contribution < -0.4 is 10.2 Å². The lowest BCUT2D eigenvalue weighted by Gasteiger charge is -2.36. The summed E-state index contributed by atoms with van der Waals surface area (Å²) in [4.78, 5) is 1.72. The number of aliphatic hydroxyl groups excluding tert-OH is 1. The zero-order valence-electron chi connectivity index (χ0n) is 12.5. The molecule has 0 saturated heterocycles. The lowest BCUT2D eigenvalue weighted by molar-refractivity contribution is 0.288. The van der Waals surface area contributed by atoms with Crippen LogP contribution >= 0.6 is 0 Å². The van der Waals surface area contributed by atoms with E-state index in [1.165, 1.54) is 18.6 Å². The van der Waals surface area contributed by atoms with E-state index in [0.717, 1.165) is 25.7 Å². The minimum absolute atomic E-state index is 0.0100. The number of halogens is 2. The van der Waals surface area contributed by atoms with E-state index < -0.39 is 11.6 Å². The molecule has 1 aliphatic rings. The fourth-order valence-corrected chi connectivity index (χ4v) is 3.18. The molecule has 0 bridgehead atoms. The fourth-order valence-electron chi connectivity index (χ4n) is 3.18. The molecule has 0 heterocycles. The van der Waals surface area contributed by atoms with E-state index in [4.69, 9.17) is 0 Å². The summed E-state index contributed by atoms with van der Waals surface area (Å²) in [5.41, 5.74) is 0.597. The van der Waals surface area contributed by atoms with Crippen molar-refractivity contribution in [3.63, 3.8) is 0 Å². The smallest absolute Gasteiger partial charge is 0.149 e. The highest BCUT2D eigenvalue weighted by molar-refractivity contribution is 5.51. The molecule has 1 aromatic rings. The Bertz CT molecular complexity index is 439. The van der Waals surface area contributed by atoms with Crippen molar-refractivity contribution in [1.82, 2.24) is 5.32 Å². The molecule has 2 rings (SSSR count). The summed E-state index contributed by atoms with van der Waals surface area (Å²) in [6.45, 7) is 0.592. The van der Waals surface area contributed by atoms with E-state index in [9.17, 15) is 13.9 Å². The minimum Gasteiger partial charge on any atom is -0.395 e. The summed E-state index contributed by atoms with van der Waals surface area (Å²) in [6, 6.07) is 2.87. The monoisotopic (exact) mass is 298 g/mol. The second kappa shape index (κ2) is 7.71. The maximum absolute atomic E-state index is 14.4. The number of aliphatic hydroxyl groups is 1. The first kappa shape index (κ1) is 16.2. The van der Waals surface area contributed by atoms with Crippen molar-refractivity contribution in [3.05, 3.63) is 29.3 Å². The van der Waals surface area contributed by atoms with Gasteiger partial charge in [-0.25, -0.2) is 8.78 Å². The molecule has 0 aromatic heterocycles. The largest absolute Gasteiger partial charge is 0.395 e. The highest BCUT2D eigenvalue weighted by Crippen LogP contribution is 2.31. The number of nitrogens with zero attached hydrogens (tertiary/aromatic N) is 1. The van der Waals surface area contributed by atoms with Gasteiger partial charge in [-0.2, -0.15) is 0 Å². The van der Waals surface area contributed by atoms with Gasteiger partial charge in [0.25, 0.3) is 0 Å². The van der Waals surface area contributed by atoms with Gasteiger partial charge in [-0.15, -0.1) is 0 Å². The zero-order valence-corrected chi connectivity index (χ0v) is 12.5. The molecule has 1 saturated carbocycles. The Labute approximate surface area is 125 Å². The number of hydrogen-bond donors (Lipinski definition) is 2. The van der Waals surface area contributed by atoms with Crippen molar-refractivity contribution in [1.29, 1.82) is 0 Å². The Hall–Kier alpha value is -1.20. The molecule has 0 unspecified atom stereocenters. The first-order chi connectivity index (χ1) is 10.2. The molecule has 1 aliphatic carbocycles. The highest BCUT2D eigenvalue weighted by atomic mass is 19.1. The van der Waals surface area contributed by atoms with Crippen molar-refractivity contribution >= 4 is 5.69 Å².